The van der Waals surface area contributed by atoms with Crippen molar-refractivity contribution in [1.82, 2.24) is 10.3 Å². The highest BCUT2D eigenvalue weighted by Gasteiger charge is 2.34. The second-order valence-corrected chi connectivity index (χ2v) is 9.13. The lowest BCUT2D eigenvalue weighted by Gasteiger charge is -2.21. The summed E-state index contributed by atoms with van der Waals surface area (Å²) in [4.78, 5) is 17.6. The number of rotatable bonds is 10. The standard InChI is InChI=1S/C26H36N4O/c1-3-6-20-14-18-13-19(16-21(20)15-18)17-26(31)30-24-8-5-7-23-22(24)9-10-25(29-23)28-12-11-27-4-2/h5,7-10,16,18-20,27H,3-4,6,11-15,17H2,1-2H3,(H,28,29)(H,30,31). The van der Waals surface area contributed by atoms with Crippen molar-refractivity contribution in [2.45, 2.75) is 52.4 Å². The predicted octanol–water partition coefficient (Wildman–Crippen LogP) is 5.36. The van der Waals surface area contributed by atoms with Crippen LogP contribution in [0, 0.1) is 17.8 Å². The maximum absolute atomic E-state index is 12.9. The van der Waals surface area contributed by atoms with Crippen molar-refractivity contribution >= 4 is 28.3 Å². The number of aromatic nitrogens is 1. The van der Waals surface area contributed by atoms with E-state index in [4.69, 9.17) is 4.98 Å². The van der Waals surface area contributed by atoms with E-state index in [1.165, 1.54) is 25.7 Å². The van der Waals surface area contributed by atoms with Gasteiger partial charge in [-0.25, -0.2) is 4.98 Å². The Kier molecular flexibility index (Phi) is 7.23. The van der Waals surface area contributed by atoms with Crippen LogP contribution >= 0.6 is 0 Å². The molecule has 1 fully saturated rings. The minimum atomic E-state index is 0.107. The first-order valence-electron chi connectivity index (χ1n) is 12.0. The highest BCUT2D eigenvalue weighted by atomic mass is 16.1. The third-order valence-electron chi connectivity index (χ3n) is 6.70. The number of nitrogens with one attached hydrogen (secondary N) is 3. The van der Waals surface area contributed by atoms with Crippen LogP contribution in [0.5, 0.6) is 0 Å². The number of fused-ring (bicyclic) bond motifs is 3. The van der Waals surface area contributed by atoms with Gasteiger partial charge in [0.05, 0.1) is 11.2 Å². The predicted molar refractivity (Wildman–Crippen MR) is 129 cm³/mol. The molecule has 3 atom stereocenters. The maximum atomic E-state index is 12.9. The van der Waals surface area contributed by atoms with Crippen LogP contribution in [0.15, 0.2) is 42.0 Å². The Balaban J connectivity index is 1.38. The summed E-state index contributed by atoms with van der Waals surface area (Å²) in [6, 6.07) is 9.97. The van der Waals surface area contributed by atoms with Crippen LogP contribution in [-0.4, -0.2) is 30.5 Å². The van der Waals surface area contributed by atoms with Crippen LogP contribution in [-0.2, 0) is 4.79 Å². The average molecular weight is 421 g/mol. The van der Waals surface area contributed by atoms with Crippen molar-refractivity contribution in [3.63, 3.8) is 0 Å². The quantitative estimate of drug-likeness (QED) is 0.358. The molecular formula is C26H36N4O. The SMILES string of the molecule is CCCC1CC2CC1=CC(CC(=O)Nc1cccc3nc(NCCNCC)ccc13)C2. The Bertz CT molecular complexity index is 938. The van der Waals surface area contributed by atoms with Gasteiger partial charge >= 0.3 is 0 Å². The molecule has 2 aliphatic carbocycles. The highest BCUT2D eigenvalue weighted by molar-refractivity contribution is 6.01. The molecule has 0 spiro atoms. The first-order valence-corrected chi connectivity index (χ1v) is 12.0. The molecule has 1 aromatic carbocycles. The number of hydrogen-bond donors (Lipinski definition) is 3. The van der Waals surface area contributed by atoms with Gasteiger partial charge in [-0.15, -0.1) is 0 Å². The number of anilines is 2. The molecule has 1 saturated carbocycles. The van der Waals surface area contributed by atoms with E-state index in [1.807, 2.05) is 30.3 Å². The van der Waals surface area contributed by atoms with Crippen LogP contribution in [0.1, 0.15) is 52.4 Å². The van der Waals surface area contributed by atoms with Crippen LogP contribution in [0.4, 0.5) is 11.5 Å². The lowest BCUT2D eigenvalue weighted by Crippen LogP contribution is -2.21. The van der Waals surface area contributed by atoms with Gasteiger partial charge in [0, 0.05) is 24.9 Å². The molecule has 5 heteroatoms. The van der Waals surface area contributed by atoms with Crippen molar-refractivity contribution in [1.29, 1.82) is 0 Å². The molecule has 0 aliphatic heterocycles. The third kappa shape index (κ3) is 5.45. The van der Waals surface area contributed by atoms with Crippen molar-refractivity contribution in [2.75, 3.05) is 30.3 Å². The molecular weight excluding hydrogens is 384 g/mol. The minimum absolute atomic E-state index is 0.107. The van der Waals surface area contributed by atoms with Gasteiger partial charge in [-0.3, -0.25) is 4.79 Å². The highest BCUT2D eigenvalue weighted by Crippen LogP contribution is 2.46. The summed E-state index contributed by atoms with van der Waals surface area (Å²) in [6.07, 6.45) is 9.32. The lowest BCUT2D eigenvalue weighted by atomic mass is 9.85. The molecule has 3 N–H and O–H groups in total. The summed E-state index contributed by atoms with van der Waals surface area (Å²) >= 11 is 0. The third-order valence-corrected chi connectivity index (χ3v) is 6.70. The summed E-state index contributed by atoms with van der Waals surface area (Å²) < 4.78 is 0. The molecule has 166 valence electrons. The Labute approximate surface area is 186 Å². The number of allylic oxidation sites excluding steroid dienone is 2. The molecule has 5 nitrogen and oxygen atoms in total. The second kappa shape index (κ2) is 10.3. The number of benzene rings is 1. The summed E-state index contributed by atoms with van der Waals surface area (Å²) in [7, 11) is 0. The fourth-order valence-corrected chi connectivity index (χ4v) is 5.37. The molecule has 3 unspecified atom stereocenters. The zero-order valence-electron chi connectivity index (χ0n) is 18.9. The summed E-state index contributed by atoms with van der Waals surface area (Å²) in [5.41, 5.74) is 3.37. The minimum Gasteiger partial charge on any atom is -0.369 e. The summed E-state index contributed by atoms with van der Waals surface area (Å²) in [5.74, 6) is 2.91. The van der Waals surface area contributed by atoms with E-state index in [1.54, 1.807) is 5.57 Å². The molecule has 31 heavy (non-hydrogen) atoms. The van der Waals surface area contributed by atoms with E-state index in [9.17, 15) is 4.79 Å². The van der Waals surface area contributed by atoms with E-state index in [-0.39, 0.29) is 5.91 Å². The summed E-state index contributed by atoms with van der Waals surface area (Å²) in [5, 5.41) is 10.8. The average Bonchev–Trinajstić information content (AvgIpc) is 3.04. The first kappa shape index (κ1) is 21.8. The van der Waals surface area contributed by atoms with Crippen LogP contribution in [0.2, 0.25) is 0 Å². The fourth-order valence-electron chi connectivity index (χ4n) is 5.37. The van der Waals surface area contributed by atoms with Gasteiger partial charge in [0.1, 0.15) is 5.82 Å². The Hall–Kier alpha value is -2.40. The van der Waals surface area contributed by atoms with Crippen molar-refractivity contribution in [3.05, 3.63) is 42.0 Å². The molecule has 4 rings (SSSR count). The van der Waals surface area contributed by atoms with Gasteiger partial charge in [0.15, 0.2) is 0 Å². The maximum Gasteiger partial charge on any atom is 0.224 e. The molecule has 0 radical (unpaired) electrons. The zero-order valence-corrected chi connectivity index (χ0v) is 18.9. The number of nitrogens with zero attached hydrogens (tertiary/aromatic N) is 1. The molecule has 0 saturated heterocycles. The monoisotopic (exact) mass is 420 g/mol. The van der Waals surface area contributed by atoms with Crippen molar-refractivity contribution in [3.8, 4) is 0 Å². The number of likely N-dealkylation sites (N-methyl/N-ethyl adjacent to an activating group) is 1. The topological polar surface area (TPSA) is 66.0 Å². The van der Waals surface area contributed by atoms with Gasteiger partial charge in [-0.05, 0) is 74.2 Å². The van der Waals surface area contributed by atoms with E-state index in [0.29, 0.717) is 12.3 Å². The van der Waals surface area contributed by atoms with Gasteiger partial charge in [-0.2, -0.15) is 0 Å². The Morgan fingerprint density at radius 1 is 1.13 bits per heavy atom. The van der Waals surface area contributed by atoms with Crippen LogP contribution in [0.3, 0.4) is 0 Å². The normalized spacial score (nSPS) is 22.4. The summed E-state index contributed by atoms with van der Waals surface area (Å²) in [6.45, 7) is 7.08. The van der Waals surface area contributed by atoms with E-state index < -0.39 is 0 Å². The number of carbonyl (C=O) groups excluding carboxylic acids is 1. The van der Waals surface area contributed by atoms with Gasteiger partial charge in [0.2, 0.25) is 5.91 Å². The number of carbonyl (C=O) groups is 1. The van der Waals surface area contributed by atoms with E-state index >= 15 is 0 Å². The van der Waals surface area contributed by atoms with Gasteiger partial charge in [0.25, 0.3) is 0 Å². The number of amides is 1. The van der Waals surface area contributed by atoms with Crippen molar-refractivity contribution in [2.24, 2.45) is 17.8 Å². The molecule has 2 aromatic rings. The van der Waals surface area contributed by atoms with Gasteiger partial charge in [-0.1, -0.05) is 38.0 Å². The molecule has 2 aliphatic rings. The van der Waals surface area contributed by atoms with Gasteiger partial charge < -0.3 is 16.0 Å². The molecule has 1 amide bonds. The molecule has 1 heterocycles. The van der Waals surface area contributed by atoms with E-state index in [2.05, 4.69) is 35.9 Å². The second-order valence-electron chi connectivity index (χ2n) is 9.13. The van der Waals surface area contributed by atoms with Crippen LogP contribution in [0.25, 0.3) is 10.9 Å². The van der Waals surface area contributed by atoms with E-state index in [0.717, 1.165) is 60.3 Å². The molecule has 2 bridgehead atoms. The first-order chi connectivity index (χ1) is 15.2. The number of pyridine rings is 1. The Morgan fingerprint density at radius 3 is 2.87 bits per heavy atom. The fraction of sp³-hybridized carbons (Fsp3) is 0.538. The Morgan fingerprint density at radius 2 is 2.03 bits per heavy atom. The number of hydrogen-bond acceptors (Lipinski definition) is 4. The lowest BCUT2D eigenvalue weighted by molar-refractivity contribution is -0.116. The zero-order chi connectivity index (χ0) is 21.6. The largest absolute Gasteiger partial charge is 0.369 e. The molecule has 1 aromatic heterocycles. The smallest absolute Gasteiger partial charge is 0.224 e. The van der Waals surface area contributed by atoms with Crippen LogP contribution < -0.4 is 16.0 Å². The van der Waals surface area contributed by atoms with Crippen molar-refractivity contribution < 1.29 is 4.79 Å².